The van der Waals surface area contributed by atoms with Crippen LogP contribution in [0.2, 0.25) is 0 Å². The Morgan fingerprint density at radius 2 is 1.96 bits per heavy atom. The van der Waals surface area contributed by atoms with E-state index >= 15 is 0 Å². The van der Waals surface area contributed by atoms with E-state index in [1.807, 2.05) is 62.6 Å². The molecular weight excluding hydrogens is 332 g/mol. The summed E-state index contributed by atoms with van der Waals surface area (Å²) in [5.41, 5.74) is 2.63. The Labute approximate surface area is 151 Å². The summed E-state index contributed by atoms with van der Waals surface area (Å²) in [6.07, 6.45) is 5.49. The van der Waals surface area contributed by atoms with Crippen molar-refractivity contribution in [2.24, 2.45) is 0 Å². The second kappa shape index (κ2) is 7.53. The molecule has 0 aliphatic carbocycles. The summed E-state index contributed by atoms with van der Waals surface area (Å²) < 4.78 is 1.79. The normalized spacial score (nSPS) is 12.0. The molecule has 3 aromatic rings. The zero-order chi connectivity index (χ0) is 17.8. The Kier molecular flexibility index (Phi) is 5.19. The van der Waals surface area contributed by atoms with Crippen molar-refractivity contribution in [3.05, 3.63) is 71.7 Å². The van der Waals surface area contributed by atoms with Crippen molar-refractivity contribution in [3.63, 3.8) is 0 Å². The first-order valence-corrected chi connectivity index (χ1v) is 9.24. The van der Waals surface area contributed by atoms with Crippen molar-refractivity contribution in [2.75, 3.05) is 6.26 Å². The fourth-order valence-electron chi connectivity index (χ4n) is 2.74. The number of nitrogens with zero attached hydrogens (tertiary/aromatic N) is 3. The number of rotatable bonds is 5. The number of benzene rings is 1. The number of thioether (sulfide) groups is 1. The molecule has 0 spiro atoms. The fraction of sp³-hybridized carbons (Fsp3) is 0.211. The van der Waals surface area contributed by atoms with E-state index in [4.69, 9.17) is 0 Å². The third-order valence-electron chi connectivity index (χ3n) is 4.08. The number of nitrogens with one attached hydrogen (secondary N) is 1. The molecule has 6 heteroatoms. The summed E-state index contributed by atoms with van der Waals surface area (Å²) in [7, 11) is 0. The van der Waals surface area contributed by atoms with Crippen LogP contribution in [-0.4, -0.2) is 26.9 Å². The molecular formula is C19H20N4OS. The van der Waals surface area contributed by atoms with Crippen LogP contribution in [0.4, 0.5) is 0 Å². The third-order valence-corrected chi connectivity index (χ3v) is 4.88. The minimum atomic E-state index is -0.153. The minimum Gasteiger partial charge on any atom is -0.345 e. The highest BCUT2D eigenvalue weighted by Gasteiger charge is 2.18. The van der Waals surface area contributed by atoms with Gasteiger partial charge in [0.2, 0.25) is 0 Å². The predicted octanol–water partition coefficient (Wildman–Crippen LogP) is 3.79. The molecule has 0 bridgehead atoms. The van der Waals surface area contributed by atoms with E-state index in [2.05, 4.69) is 15.4 Å². The van der Waals surface area contributed by atoms with Crippen LogP contribution in [0.5, 0.6) is 0 Å². The molecule has 3 rings (SSSR count). The molecule has 1 N–H and O–H groups in total. The SMILES string of the molecule is CSc1ccccc1C(=O)N[C@@H](C)c1cnn(-c2ccccn2)c1C. The zero-order valence-corrected chi connectivity index (χ0v) is 15.2. The summed E-state index contributed by atoms with van der Waals surface area (Å²) in [6, 6.07) is 13.2. The van der Waals surface area contributed by atoms with Crippen LogP contribution in [0.3, 0.4) is 0 Å². The van der Waals surface area contributed by atoms with Gasteiger partial charge in [-0.2, -0.15) is 5.10 Å². The number of hydrogen-bond donors (Lipinski definition) is 1. The first-order chi connectivity index (χ1) is 12.1. The van der Waals surface area contributed by atoms with E-state index in [-0.39, 0.29) is 11.9 Å². The van der Waals surface area contributed by atoms with E-state index in [1.165, 1.54) is 0 Å². The first-order valence-electron chi connectivity index (χ1n) is 8.01. The van der Waals surface area contributed by atoms with Crippen molar-refractivity contribution in [2.45, 2.75) is 24.8 Å². The maximum atomic E-state index is 12.6. The lowest BCUT2D eigenvalue weighted by Gasteiger charge is -2.15. The number of carbonyl (C=O) groups is 1. The van der Waals surface area contributed by atoms with Crippen LogP contribution in [0, 0.1) is 6.92 Å². The van der Waals surface area contributed by atoms with Crippen LogP contribution < -0.4 is 5.32 Å². The largest absolute Gasteiger partial charge is 0.345 e. The molecule has 25 heavy (non-hydrogen) atoms. The Morgan fingerprint density at radius 3 is 2.68 bits per heavy atom. The van der Waals surface area contributed by atoms with Gasteiger partial charge in [0.1, 0.15) is 0 Å². The molecule has 1 amide bonds. The molecule has 128 valence electrons. The van der Waals surface area contributed by atoms with Gasteiger partial charge in [0.15, 0.2) is 5.82 Å². The summed E-state index contributed by atoms with van der Waals surface area (Å²) in [4.78, 5) is 17.9. The highest BCUT2D eigenvalue weighted by atomic mass is 32.2. The fourth-order valence-corrected chi connectivity index (χ4v) is 3.34. The van der Waals surface area contributed by atoms with Crippen molar-refractivity contribution < 1.29 is 4.79 Å². The summed E-state index contributed by atoms with van der Waals surface area (Å²) >= 11 is 1.57. The Balaban J connectivity index is 1.81. The monoisotopic (exact) mass is 352 g/mol. The Bertz CT molecular complexity index is 876. The van der Waals surface area contributed by atoms with Gasteiger partial charge in [0, 0.05) is 22.3 Å². The van der Waals surface area contributed by atoms with E-state index in [1.54, 1.807) is 28.8 Å². The standard InChI is InChI=1S/C19H20N4OS/c1-13(22-19(24)15-8-4-5-9-17(15)25-3)16-12-21-23(14(16)2)18-10-6-7-11-20-18/h4-13H,1-3H3,(H,22,24)/t13-/m0/s1. The lowest BCUT2D eigenvalue weighted by Crippen LogP contribution is -2.27. The number of amides is 1. The van der Waals surface area contributed by atoms with Crippen molar-refractivity contribution in [3.8, 4) is 5.82 Å². The van der Waals surface area contributed by atoms with Gasteiger partial charge in [-0.25, -0.2) is 9.67 Å². The molecule has 0 saturated heterocycles. The van der Waals surface area contributed by atoms with Crippen LogP contribution in [0.15, 0.2) is 59.8 Å². The van der Waals surface area contributed by atoms with Gasteiger partial charge >= 0.3 is 0 Å². The van der Waals surface area contributed by atoms with Crippen LogP contribution in [-0.2, 0) is 0 Å². The van der Waals surface area contributed by atoms with Gasteiger partial charge in [-0.15, -0.1) is 11.8 Å². The van der Waals surface area contributed by atoms with E-state index in [0.717, 1.165) is 22.0 Å². The van der Waals surface area contributed by atoms with Crippen molar-refractivity contribution in [1.82, 2.24) is 20.1 Å². The Hall–Kier alpha value is -2.60. The molecule has 1 aromatic carbocycles. The lowest BCUT2D eigenvalue weighted by molar-refractivity contribution is 0.0937. The highest BCUT2D eigenvalue weighted by molar-refractivity contribution is 7.98. The van der Waals surface area contributed by atoms with Crippen molar-refractivity contribution in [1.29, 1.82) is 0 Å². The first kappa shape index (κ1) is 17.2. The average Bonchev–Trinajstić information content (AvgIpc) is 3.03. The Morgan fingerprint density at radius 1 is 1.20 bits per heavy atom. The molecule has 5 nitrogen and oxygen atoms in total. The highest BCUT2D eigenvalue weighted by Crippen LogP contribution is 2.23. The molecule has 0 aliphatic rings. The van der Waals surface area contributed by atoms with Crippen molar-refractivity contribution >= 4 is 17.7 Å². The van der Waals surface area contributed by atoms with Gasteiger partial charge < -0.3 is 5.32 Å². The lowest BCUT2D eigenvalue weighted by atomic mass is 10.1. The minimum absolute atomic E-state index is 0.0811. The summed E-state index contributed by atoms with van der Waals surface area (Å²) in [5, 5.41) is 7.49. The second-order valence-electron chi connectivity index (χ2n) is 5.68. The topological polar surface area (TPSA) is 59.8 Å². The number of carbonyl (C=O) groups excluding carboxylic acids is 1. The van der Waals surface area contributed by atoms with Gasteiger partial charge in [0.05, 0.1) is 17.8 Å². The number of hydrogen-bond acceptors (Lipinski definition) is 4. The maximum Gasteiger partial charge on any atom is 0.252 e. The van der Waals surface area contributed by atoms with Gasteiger partial charge in [-0.3, -0.25) is 4.79 Å². The molecule has 2 heterocycles. The molecule has 0 aliphatic heterocycles. The third kappa shape index (κ3) is 3.58. The predicted molar refractivity (Wildman–Crippen MR) is 100 cm³/mol. The number of pyridine rings is 1. The molecule has 0 fully saturated rings. The second-order valence-corrected chi connectivity index (χ2v) is 6.53. The molecule has 0 radical (unpaired) electrons. The van der Waals surface area contributed by atoms with Crippen LogP contribution in [0.25, 0.3) is 5.82 Å². The molecule has 2 aromatic heterocycles. The van der Waals surface area contributed by atoms with Gasteiger partial charge in [-0.1, -0.05) is 18.2 Å². The van der Waals surface area contributed by atoms with E-state index in [9.17, 15) is 4.79 Å². The zero-order valence-electron chi connectivity index (χ0n) is 14.4. The molecule has 0 saturated carbocycles. The van der Waals surface area contributed by atoms with E-state index in [0.29, 0.717) is 5.56 Å². The van der Waals surface area contributed by atoms with Crippen LogP contribution >= 0.6 is 11.8 Å². The summed E-state index contributed by atoms with van der Waals surface area (Å²) in [6.45, 7) is 3.95. The summed E-state index contributed by atoms with van der Waals surface area (Å²) in [5.74, 6) is 0.681. The smallest absolute Gasteiger partial charge is 0.252 e. The maximum absolute atomic E-state index is 12.6. The van der Waals surface area contributed by atoms with Crippen LogP contribution in [0.1, 0.15) is 34.6 Å². The van der Waals surface area contributed by atoms with E-state index < -0.39 is 0 Å². The average molecular weight is 352 g/mol. The molecule has 0 unspecified atom stereocenters. The quantitative estimate of drug-likeness (QED) is 0.710. The number of aromatic nitrogens is 3. The molecule has 1 atom stereocenters. The van der Waals surface area contributed by atoms with Gasteiger partial charge in [-0.05, 0) is 44.4 Å². The van der Waals surface area contributed by atoms with Gasteiger partial charge in [0.25, 0.3) is 5.91 Å².